The topological polar surface area (TPSA) is 66.5 Å². The van der Waals surface area contributed by atoms with Crippen LogP contribution in [0.4, 0.5) is 5.69 Å². The van der Waals surface area contributed by atoms with Crippen molar-refractivity contribution in [2.75, 3.05) is 18.9 Å². The fourth-order valence-corrected chi connectivity index (χ4v) is 4.16. The third-order valence-electron chi connectivity index (χ3n) is 3.35. The standard InChI is InChI=1S/C16H16BrClN2O3S/c1-11-9-12(17)7-8-14(11)19-16(21)10-20(2)24(22,23)15-6-4-3-5-13(15)18/h3-9H,10H2,1-2H3,(H,19,21). The van der Waals surface area contributed by atoms with Gasteiger partial charge in [0.2, 0.25) is 15.9 Å². The first-order chi connectivity index (χ1) is 11.2. The molecule has 2 aromatic rings. The van der Waals surface area contributed by atoms with E-state index in [0.29, 0.717) is 5.69 Å². The molecule has 0 saturated heterocycles. The number of nitrogens with zero attached hydrogens (tertiary/aromatic N) is 1. The van der Waals surface area contributed by atoms with Crippen LogP contribution < -0.4 is 5.32 Å². The van der Waals surface area contributed by atoms with Crippen LogP contribution in [0.1, 0.15) is 5.56 Å². The van der Waals surface area contributed by atoms with Gasteiger partial charge in [0.25, 0.3) is 0 Å². The SMILES string of the molecule is Cc1cc(Br)ccc1NC(=O)CN(C)S(=O)(=O)c1ccccc1Cl. The molecular weight excluding hydrogens is 416 g/mol. The lowest BCUT2D eigenvalue weighted by atomic mass is 10.2. The molecule has 0 aliphatic rings. The van der Waals surface area contributed by atoms with Crippen molar-refractivity contribution >= 4 is 49.1 Å². The molecule has 1 N–H and O–H groups in total. The monoisotopic (exact) mass is 430 g/mol. The van der Waals surface area contributed by atoms with Gasteiger partial charge in [-0.1, -0.05) is 39.7 Å². The van der Waals surface area contributed by atoms with E-state index in [9.17, 15) is 13.2 Å². The van der Waals surface area contributed by atoms with Gasteiger partial charge in [0.1, 0.15) is 4.90 Å². The van der Waals surface area contributed by atoms with Crippen LogP contribution in [0.15, 0.2) is 51.8 Å². The van der Waals surface area contributed by atoms with Crippen LogP contribution in [-0.4, -0.2) is 32.2 Å². The molecule has 0 heterocycles. The van der Waals surface area contributed by atoms with Gasteiger partial charge in [0.15, 0.2) is 0 Å². The van der Waals surface area contributed by atoms with Crippen LogP contribution in [0.5, 0.6) is 0 Å². The van der Waals surface area contributed by atoms with Crippen LogP contribution >= 0.6 is 27.5 Å². The molecule has 0 aromatic heterocycles. The maximum atomic E-state index is 12.5. The zero-order valence-corrected chi connectivity index (χ0v) is 16.2. The van der Waals surface area contributed by atoms with Gasteiger partial charge in [-0.2, -0.15) is 4.31 Å². The van der Waals surface area contributed by atoms with Gasteiger partial charge in [-0.15, -0.1) is 0 Å². The van der Waals surface area contributed by atoms with Gasteiger partial charge in [0, 0.05) is 17.2 Å². The molecule has 0 atom stereocenters. The van der Waals surface area contributed by atoms with Gasteiger partial charge >= 0.3 is 0 Å². The van der Waals surface area contributed by atoms with E-state index in [1.807, 2.05) is 13.0 Å². The van der Waals surface area contributed by atoms with E-state index >= 15 is 0 Å². The minimum Gasteiger partial charge on any atom is -0.325 e. The molecule has 8 heteroatoms. The first-order valence-corrected chi connectivity index (χ1v) is 9.60. The number of anilines is 1. The predicted molar refractivity (Wildman–Crippen MR) is 98.8 cm³/mol. The molecule has 1 amide bonds. The molecule has 0 aliphatic carbocycles. The second-order valence-corrected chi connectivity index (χ2v) is 8.54. The van der Waals surface area contributed by atoms with Crippen LogP contribution in [0.2, 0.25) is 5.02 Å². The van der Waals surface area contributed by atoms with Gasteiger partial charge in [-0.25, -0.2) is 8.42 Å². The van der Waals surface area contributed by atoms with Crippen LogP contribution in [-0.2, 0) is 14.8 Å². The van der Waals surface area contributed by atoms with Crippen molar-refractivity contribution in [3.8, 4) is 0 Å². The van der Waals surface area contributed by atoms with Crippen LogP contribution in [0, 0.1) is 6.92 Å². The second-order valence-electron chi connectivity index (χ2n) is 5.20. The Morgan fingerprint density at radius 3 is 2.54 bits per heavy atom. The van der Waals surface area contributed by atoms with Gasteiger partial charge in [0.05, 0.1) is 11.6 Å². The minimum atomic E-state index is -3.84. The minimum absolute atomic E-state index is 0.0261. The molecule has 2 aromatic carbocycles. The summed E-state index contributed by atoms with van der Waals surface area (Å²) in [5, 5.41) is 2.83. The summed E-state index contributed by atoms with van der Waals surface area (Å²) >= 11 is 9.29. The molecule has 2 rings (SSSR count). The largest absolute Gasteiger partial charge is 0.325 e. The third-order valence-corrected chi connectivity index (χ3v) is 6.15. The summed E-state index contributed by atoms with van der Waals surface area (Å²) in [5.41, 5.74) is 1.50. The summed E-state index contributed by atoms with van der Waals surface area (Å²) in [6.45, 7) is 1.54. The van der Waals surface area contributed by atoms with Crippen molar-refractivity contribution in [2.24, 2.45) is 0 Å². The number of carbonyl (C=O) groups excluding carboxylic acids is 1. The number of nitrogens with one attached hydrogen (secondary N) is 1. The molecule has 128 valence electrons. The van der Waals surface area contributed by atoms with Gasteiger partial charge in [-0.3, -0.25) is 4.79 Å². The first kappa shape index (κ1) is 18.9. The van der Waals surface area contributed by atoms with E-state index in [0.717, 1.165) is 14.3 Å². The fourth-order valence-electron chi connectivity index (χ4n) is 2.07. The number of halogens is 2. The smallest absolute Gasteiger partial charge is 0.244 e. The Labute approximate surface area is 154 Å². The Morgan fingerprint density at radius 1 is 1.25 bits per heavy atom. The van der Waals surface area contributed by atoms with Crippen molar-refractivity contribution in [3.63, 3.8) is 0 Å². The highest BCUT2D eigenvalue weighted by molar-refractivity contribution is 9.10. The molecule has 0 spiro atoms. The highest BCUT2D eigenvalue weighted by atomic mass is 79.9. The average Bonchev–Trinajstić information content (AvgIpc) is 2.50. The zero-order valence-electron chi connectivity index (χ0n) is 13.1. The highest BCUT2D eigenvalue weighted by Gasteiger charge is 2.25. The highest BCUT2D eigenvalue weighted by Crippen LogP contribution is 2.24. The number of aryl methyl sites for hydroxylation is 1. The maximum absolute atomic E-state index is 12.5. The Bertz CT molecular complexity index is 871. The number of carbonyl (C=O) groups is 1. The first-order valence-electron chi connectivity index (χ1n) is 6.98. The molecular formula is C16H16BrClN2O3S. The molecule has 0 unspecified atom stereocenters. The number of hydrogen-bond acceptors (Lipinski definition) is 3. The molecule has 24 heavy (non-hydrogen) atoms. The Balaban J connectivity index is 2.12. The lowest BCUT2D eigenvalue weighted by molar-refractivity contribution is -0.116. The third kappa shape index (κ3) is 4.36. The lowest BCUT2D eigenvalue weighted by Gasteiger charge is -2.18. The van der Waals surface area contributed by atoms with Crippen LogP contribution in [0.3, 0.4) is 0 Å². The van der Waals surface area contributed by atoms with E-state index < -0.39 is 15.9 Å². The number of hydrogen-bond donors (Lipinski definition) is 1. The Morgan fingerprint density at radius 2 is 1.92 bits per heavy atom. The predicted octanol–water partition coefficient (Wildman–Crippen LogP) is 3.67. The molecule has 0 radical (unpaired) electrons. The summed E-state index contributed by atoms with van der Waals surface area (Å²) in [5.74, 6) is -0.432. The molecule has 0 aliphatic heterocycles. The molecule has 0 fully saturated rings. The van der Waals surface area contributed by atoms with Crippen LogP contribution in [0.25, 0.3) is 0 Å². The normalized spacial score (nSPS) is 11.5. The summed E-state index contributed by atoms with van der Waals surface area (Å²) < 4.78 is 26.9. The zero-order chi connectivity index (χ0) is 17.9. The Hall–Kier alpha value is -1.41. The van der Waals surface area contributed by atoms with E-state index in [1.54, 1.807) is 24.3 Å². The van der Waals surface area contributed by atoms with E-state index in [1.165, 1.54) is 19.2 Å². The number of sulfonamides is 1. The van der Waals surface area contributed by atoms with Gasteiger partial charge in [-0.05, 0) is 42.8 Å². The number of amides is 1. The van der Waals surface area contributed by atoms with E-state index in [4.69, 9.17) is 11.6 Å². The second kappa shape index (κ2) is 7.65. The van der Waals surface area contributed by atoms with Crippen molar-refractivity contribution < 1.29 is 13.2 Å². The lowest BCUT2D eigenvalue weighted by Crippen LogP contribution is -2.35. The van der Waals surface area contributed by atoms with Crippen molar-refractivity contribution in [1.82, 2.24) is 4.31 Å². The summed E-state index contributed by atoms with van der Waals surface area (Å²) in [6, 6.07) is 11.5. The van der Waals surface area contributed by atoms with Crippen molar-refractivity contribution in [1.29, 1.82) is 0 Å². The number of rotatable bonds is 5. The quantitative estimate of drug-likeness (QED) is 0.785. The van der Waals surface area contributed by atoms with E-state index in [2.05, 4.69) is 21.2 Å². The number of benzene rings is 2. The molecule has 5 nitrogen and oxygen atoms in total. The van der Waals surface area contributed by atoms with Crippen molar-refractivity contribution in [3.05, 3.63) is 57.5 Å². The summed E-state index contributed by atoms with van der Waals surface area (Å²) in [7, 11) is -2.50. The summed E-state index contributed by atoms with van der Waals surface area (Å²) in [6.07, 6.45) is 0. The number of likely N-dealkylation sites (N-methyl/N-ethyl adjacent to an activating group) is 1. The Kier molecular flexibility index (Phi) is 6.03. The molecule has 0 saturated carbocycles. The maximum Gasteiger partial charge on any atom is 0.244 e. The molecule has 0 bridgehead atoms. The van der Waals surface area contributed by atoms with Gasteiger partial charge < -0.3 is 5.32 Å². The van der Waals surface area contributed by atoms with Crippen molar-refractivity contribution in [2.45, 2.75) is 11.8 Å². The average molecular weight is 432 g/mol. The van der Waals surface area contributed by atoms with E-state index in [-0.39, 0.29) is 16.5 Å². The fraction of sp³-hybridized carbons (Fsp3) is 0.188. The summed E-state index contributed by atoms with van der Waals surface area (Å²) in [4.78, 5) is 12.1.